The molecule has 1 fully saturated rings. The number of halogens is 4. The van der Waals surface area contributed by atoms with Crippen molar-refractivity contribution in [2.75, 3.05) is 39.5 Å². The molecule has 2 aromatic carbocycles. The minimum absolute atomic E-state index is 0.113. The van der Waals surface area contributed by atoms with Crippen LogP contribution in [0.5, 0.6) is 5.75 Å². The molecule has 2 heterocycles. The van der Waals surface area contributed by atoms with E-state index in [1.807, 2.05) is 0 Å². The number of likely N-dealkylation sites (tertiary alicyclic amines) is 1. The van der Waals surface area contributed by atoms with Crippen molar-refractivity contribution in [2.45, 2.75) is 38.0 Å². The van der Waals surface area contributed by atoms with Crippen LogP contribution in [0.3, 0.4) is 0 Å². The van der Waals surface area contributed by atoms with Gasteiger partial charge < -0.3 is 9.84 Å². The quantitative estimate of drug-likeness (QED) is 0.538. The summed E-state index contributed by atoms with van der Waals surface area (Å²) in [6, 6.07) is 11.2. The summed E-state index contributed by atoms with van der Waals surface area (Å²) in [5.41, 5.74) is 1.07. The molecular weight excluding hydrogens is 464 g/mol. The van der Waals surface area contributed by atoms with Crippen LogP contribution in [0, 0.1) is 5.92 Å². The third-order valence-corrected chi connectivity index (χ3v) is 7.19. The summed E-state index contributed by atoms with van der Waals surface area (Å²) in [6.45, 7) is 4.69. The molecular formula is C26H30F4N2O3. The molecule has 1 saturated heterocycles. The van der Waals surface area contributed by atoms with Gasteiger partial charge in [-0.05, 0) is 61.2 Å². The Morgan fingerprint density at radius 1 is 1.17 bits per heavy atom. The summed E-state index contributed by atoms with van der Waals surface area (Å²) in [5.74, 6) is -0.352. The number of fused-ring (bicyclic) bond motifs is 1. The van der Waals surface area contributed by atoms with Gasteiger partial charge in [-0.15, -0.1) is 0 Å². The fourth-order valence-electron chi connectivity index (χ4n) is 5.35. The lowest BCUT2D eigenvalue weighted by Gasteiger charge is -2.50. The first-order valence-corrected chi connectivity index (χ1v) is 11.7. The zero-order valence-corrected chi connectivity index (χ0v) is 19.8. The highest BCUT2D eigenvalue weighted by molar-refractivity contribution is 5.88. The molecule has 2 aliphatic heterocycles. The Kier molecular flexibility index (Phi) is 7.11. The molecule has 9 heteroatoms. The number of carbonyl (C=O) groups is 1. The Hall–Kier alpha value is -2.65. The van der Waals surface area contributed by atoms with Gasteiger partial charge in [0.15, 0.2) is 0 Å². The molecule has 35 heavy (non-hydrogen) atoms. The zero-order valence-electron chi connectivity index (χ0n) is 19.8. The molecule has 5 nitrogen and oxygen atoms in total. The molecule has 0 aliphatic carbocycles. The van der Waals surface area contributed by atoms with Crippen molar-refractivity contribution < 1.29 is 32.2 Å². The molecule has 190 valence electrons. The summed E-state index contributed by atoms with van der Waals surface area (Å²) in [6.07, 6.45) is -4.07. The average molecular weight is 495 g/mol. The fourth-order valence-corrected chi connectivity index (χ4v) is 5.35. The molecule has 0 unspecified atom stereocenters. The highest BCUT2D eigenvalue weighted by atomic mass is 19.4. The van der Waals surface area contributed by atoms with Gasteiger partial charge in [0.05, 0.1) is 24.3 Å². The number of ether oxygens (including phenoxy) is 1. The van der Waals surface area contributed by atoms with Gasteiger partial charge >= 0.3 is 12.1 Å². The van der Waals surface area contributed by atoms with Crippen LogP contribution in [0.1, 0.15) is 40.9 Å². The van der Waals surface area contributed by atoms with E-state index in [4.69, 9.17) is 4.74 Å². The number of nitrogens with zero attached hydrogens (tertiary/aromatic N) is 2. The molecule has 4 rings (SSSR count). The van der Waals surface area contributed by atoms with Crippen LogP contribution in [-0.4, -0.2) is 72.6 Å². The van der Waals surface area contributed by atoms with E-state index in [1.165, 1.54) is 11.0 Å². The fraction of sp³-hybridized carbons (Fsp3) is 0.500. The number of rotatable bonds is 8. The van der Waals surface area contributed by atoms with Gasteiger partial charge in [-0.1, -0.05) is 18.2 Å². The van der Waals surface area contributed by atoms with E-state index in [-0.39, 0.29) is 18.2 Å². The number of alkyl halides is 4. The van der Waals surface area contributed by atoms with Crippen molar-refractivity contribution in [2.24, 2.45) is 5.92 Å². The van der Waals surface area contributed by atoms with Gasteiger partial charge in [0.1, 0.15) is 12.4 Å². The van der Waals surface area contributed by atoms with Crippen LogP contribution in [0.15, 0.2) is 42.5 Å². The van der Waals surface area contributed by atoms with Gasteiger partial charge in [0, 0.05) is 31.6 Å². The maximum absolute atomic E-state index is 13.6. The van der Waals surface area contributed by atoms with Crippen molar-refractivity contribution >= 4 is 5.97 Å². The van der Waals surface area contributed by atoms with E-state index in [1.54, 1.807) is 50.2 Å². The molecule has 0 saturated carbocycles. The van der Waals surface area contributed by atoms with E-state index >= 15 is 0 Å². The first kappa shape index (κ1) is 25.4. The predicted octanol–water partition coefficient (Wildman–Crippen LogP) is 4.74. The Bertz CT molecular complexity index is 1050. The standard InChI is InChI=1S/C26H30F4N2O3/c1-17-11-20-12-19(24(33)34)3-8-23(20)25(2,32(17)16-26(28,29)30)21-4-6-22(7-5-21)35-10-9-31-14-18(13-27)15-31/h3-8,12,17-18H,9-11,13-16H2,1-2H3,(H,33,34)/t17-,25-/m1/s1. The number of carboxylic acid groups (broad SMARTS) is 1. The summed E-state index contributed by atoms with van der Waals surface area (Å²) < 4.78 is 59.2. The number of carboxylic acids is 1. The molecule has 0 spiro atoms. The van der Waals surface area contributed by atoms with Gasteiger partial charge in [-0.2, -0.15) is 13.2 Å². The Labute approximate surface area is 202 Å². The highest BCUT2D eigenvalue weighted by Gasteiger charge is 2.47. The van der Waals surface area contributed by atoms with Crippen LogP contribution < -0.4 is 4.74 Å². The summed E-state index contributed by atoms with van der Waals surface area (Å²) in [5, 5.41) is 9.39. The SMILES string of the molecule is C[C@@H]1Cc2cc(C(=O)O)ccc2[C@@](C)(c2ccc(OCCN3CC(CF)C3)cc2)N1CC(F)(F)F. The van der Waals surface area contributed by atoms with Crippen LogP contribution in [0.25, 0.3) is 0 Å². The molecule has 0 bridgehead atoms. The number of benzene rings is 2. The van der Waals surface area contributed by atoms with Gasteiger partial charge in [-0.3, -0.25) is 14.2 Å². The second kappa shape index (κ2) is 9.78. The van der Waals surface area contributed by atoms with Crippen LogP contribution >= 0.6 is 0 Å². The smallest absolute Gasteiger partial charge is 0.401 e. The number of hydrogen-bond donors (Lipinski definition) is 1. The largest absolute Gasteiger partial charge is 0.492 e. The maximum Gasteiger partial charge on any atom is 0.401 e. The minimum Gasteiger partial charge on any atom is -0.492 e. The Balaban J connectivity index is 1.59. The van der Waals surface area contributed by atoms with Gasteiger partial charge in [0.25, 0.3) is 0 Å². The molecule has 0 radical (unpaired) electrons. The van der Waals surface area contributed by atoms with Gasteiger partial charge in [-0.25, -0.2) is 4.79 Å². The van der Waals surface area contributed by atoms with Crippen molar-refractivity contribution in [3.63, 3.8) is 0 Å². The predicted molar refractivity (Wildman–Crippen MR) is 124 cm³/mol. The van der Waals surface area contributed by atoms with Crippen LogP contribution in [0.4, 0.5) is 17.6 Å². The summed E-state index contributed by atoms with van der Waals surface area (Å²) >= 11 is 0. The second-order valence-electron chi connectivity index (χ2n) is 9.70. The van der Waals surface area contributed by atoms with Crippen LogP contribution in [0.2, 0.25) is 0 Å². The van der Waals surface area contributed by atoms with E-state index in [0.29, 0.717) is 36.4 Å². The van der Waals surface area contributed by atoms with Crippen molar-refractivity contribution in [3.05, 3.63) is 64.7 Å². The molecule has 1 N–H and O–H groups in total. The lowest BCUT2D eigenvalue weighted by atomic mass is 9.74. The lowest BCUT2D eigenvalue weighted by molar-refractivity contribution is -0.163. The van der Waals surface area contributed by atoms with E-state index < -0.39 is 30.3 Å². The third-order valence-electron chi connectivity index (χ3n) is 7.19. The topological polar surface area (TPSA) is 53.0 Å². The first-order valence-electron chi connectivity index (χ1n) is 11.7. The molecule has 2 aliphatic rings. The molecule has 0 amide bonds. The second-order valence-corrected chi connectivity index (χ2v) is 9.70. The van der Waals surface area contributed by atoms with Crippen molar-refractivity contribution in [3.8, 4) is 5.75 Å². The molecule has 2 atom stereocenters. The summed E-state index contributed by atoms with van der Waals surface area (Å²) in [7, 11) is 0. The van der Waals surface area contributed by atoms with E-state index in [2.05, 4.69) is 4.90 Å². The number of aromatic carboxylic acids is 1. The molecule has 0 aromatic heterocycles. The van der Waals surface area contributed by atoms with Crippen molar-refractivity contribution in [1.29, 1.82) is 0 Å². The third kappa shape index (κ3) is 5.30. The Morgan fingerprint density at radius 3 is 2.46 bits per heavy atom. The normalized spacial score (nSPS) is 23.5. The average Bonchev–Trinajstić information content (AvgIpc) is 2.77. The Morgan fingerprint density at radius 2 is 1.86 bits per heavy atom. The van der Waals surface area contributed by atoms with Crippen LogP contribution in [-0.2, 0) is 12.0 Å². The highest BCUT2D eigenvalue weighted by Crippen LogP contribution is 2.45. The monoisotopic (exact) mass is 494 g/mol. The first-order chi connectivity index (χ1) is 16.5. The van der Waals surface area contributed by atoms with E-state index in [0.717, 1.165) is 18.7 Å². The zero-order chi connectivity index (χ0) is 25.4. The summed E-state index contributed by atoms with van der Waals surface area (Å²) in [4.78, 5) is 15.0. The maximum atomic E-state index is 13.6. The number of hydrogen-bond acceptors (Lipinski definition) is 4. The van der Waals surface area contributed by atoms with E-state index in [9.17, 15) is 27.5 Å². The minimum atomic E-state index is -4.39. The molecule has 2 aromatic rings. The van der Waals surface area contributed by atoms with Crippen molar-refractivity contribution in [1.82, 2.24) is 9.80 Å². The van der Waals surface area contributed by atoms with Gasteiger partial charge in [0.2, 0.25) is 0 Å². The lowest BCUT2D eigenvalue weighted by Crippen LogP contribution is -2.56.